The summed E-state index contributed by atoms with van der Waals surface area (Å²) in [6.45, 7) is 2.47. The summed E-state index contributed by atoms with van der Waals surface area (Å²) in [5.74, 6) is 1.07. The third-order valence-corrected chi connectivity index (χ3v) is 3.65. The fourth-order valence-corrected chi connectivity index (χ4v) is 2.34. The molecule has 0 saturated carbocycles. The highest BCUT2D eigenvalue weighted by Gasteiger charge is 2.30. The van der Waals surface area contributed by atoms with E-state index in [0.717, 1.165) is 17.8 Å². The summed E-state index contributed by atoms with van der Waals surface area (Å²) in [6, 6.07) is 16.5. The zero-order valence-electron chi connectivity index (χ0n) is 13.0. The van der Waals surface area contributed by atoms with Gasteiger partial charge in [-0.2, -0.15) is 13.2 Å². The summed E-state index contributed by atoms with van der Waals surface area (Å²) in [7, 11) is 0. The molecule has 5 heteroatoms. The summed E-state index contributed by atoms with van der Waals surface area (Å²) in [5, 5.41) is 3.21. The van der Waals surface area contributed by atoms with E-state index < -0.39 is 11.7 Å². The van der Waals surface area contributed by atoms with Gasteiger partial charge in [0.1, 0.15) is 11.5 Å². The molecule has 3 rings (SSSR count). The summed E-state index contributed by atoms with van der Waals surface area (Å²) in [5.41, 5.74) is 1.85. The van der Waals surface area contributed by atoms with Crippen LogP contribution in [0.1, 0.15) is 16.9 Å². The molecular formula is C19H16F3NO. The molecular weight excluding hydrogens is 315 g/mol. The quantitative estimate of drug-likeness (QED) is 0.645. The Morgan fingerprint density at radius 2 is 1.71 bits per heavy atom. The van der Waals surface area contributed by atoms with E-state index in [1.54, 1.807) is 18.2 Å². The van der Waals surface area contributed by atoms with Gasteiger partial charge in [-0.05, 0) is 43.3 Å². The van der Waals surface area contributed by atoms with Gasteiger partial charge in [-0.25, -0.2) is 0 Å². The van der Waals surface area contributed by atoms with Crippen LogP contribution in [-0.4, -0.2) is 0 Å². The number of rotatable bonds is 4. The highest BCUT2D eigenvalue weighted by Crippen LogP contribution is 2.32. The number of hydrogen-bond acceptors (Lipinski definition) is 2. The van der Waals surface area contributed by atoms with Gasteiger partial charge in [0.2, 0.25) is 0 Å². The number of aryl methyl sites for hydroxylation is 1. The number of alkyl halides is 3. The van der Waals surface area contributed by atoms with Crippen LogP contribution in [0, 0.1) is 6.92 Å². The fraction of sp³-hybridized carbons (Fsp3) is 0.158. The van der Waals surface area contributed by atoms with Crippen molar-refractivity contribution in [3.05, 3.63) is 77.6 Å². The van der Waals surface area contributed by atoms with Gasteiger partial charge < -0.3 is 9.73 Å². The standard InChI is InChI=1S/C19H16F3NO/c1-13-5-7-16(8-6-13)23-12-17-9-10-18(24-17)14-3-2-4-15(11-14)19(20,21)22/h2-11,23H,12H2,1H3. The molecule has 0 aliphatic heterocycles. The third-order valence-electron chi connectivity index (χ3n) is 3.65. The number of benzene rings is 2. The second kappa shape index (κ2) is 6.43. The van der Waals surface area contributed by atoms with E-state index in [2.05, 4.69) is 5.32 Å². The Hall–Kier alpha value is -2.69. The molecule has 0 fully saturated rings. The van der Waals surface area contributed by atoms with Crippen molar-refractivity contribution in [3.8, 4) is 11.3 Å². The Labute approximate surface area is 137 Å². The molecule has 0 bridgehead atoms. The Kier molecular flexibility index (Phi) is 4.34. The van der Waals surface area contributed by atoms with E-state index in [0.29, 0.717) is 23.6 Å². The third kappa shape index (κ3) is 3.79. The molecule has 124 valence electrons. The lowest BCUT2D eigenvalue weighted by Gasteiger charge is -2.07. The van der Waals surface area contributed by atoms with Crippen molar-refractivity contribution in [1.29, 1.82) is 0 Å². The average Bonchev–Trinajstić information content (AvgIpc) is 3.03. The van der Waals surface area contributed by atoms with Crippen molar-refractivity contribution in [2.24, 2.45) is 0 Å². The lowest BCUT2D eigenvalue weighted by molar-refractivity contribution is -0.137. The second-order valence-corrected chi connectivity index (χ2v) is 5.56. The number of halogens is 3. The maximum Gasteiger partial charge on any atom is 0.416 e. The van der Waals surface area contributed by atoms with Crippen LogP contribution in [0.4, 0.5) is 18.9 Å². The van der Waals surface area contributed by atoms with Crippen LogP contribution >= 0.6 is 0 Å². The minimum absolute atomic E-state index is 0.409. The SMILES string of the molecule is Cc1ccc(NCc2ccc(-c3cccc(C(F)(F)F)c3)o2)cc1. The lowest BCUT2D eigenvalue weighted by Crippen LogP contribution is -2.04. The zero-order chi connectivity index (χ0) is 17.2. The minimum Gasteiger partial charge on any atom is -0.459 e. The summed E-state index contributed by atoms with van der Waals surface area (Å²) in [4.78, 5) is 0. The number of furan rings is 1. The molecule has 0 aliphatic rings. The van der Waals surface area contributed by atoms with Crippen molar-refractivity contribution < 1.29 is 17.6 Å². The van der Waals surface area contributed by atoms with E-state index in [9.17, 15) is 13.2 Å². The molecule has 0 amide bonds. The summed E-state index contributed by atoms with van der Waals surface area (Å²) in [6.07, 6.45) is -4.36. The highest BCUT2D eigenvalue weighted by molar-refractivity contribution is 5.59. The van der Waals surface area contributed by atoms with Gasteiger partial charge in [0.05, 0.1) is 12.1 Å². The van der Waals surface area contributed by atoms with Gasteiger partial charge >= 0.3 is 6.18 Å². The first-order valence-electron chi connectivity index (χ1n) is 7.49. The molecule has 0 atom stereocenters. The number of nitrogens with one attached hydrogen (secondary N) is 1. The van der Waals surface area contributed by atoms with E-state index in [-0.39, 0.29) is 0 Å². The fourth-order valence-electron chi connectivity index (χ4n) is 2.34. The van der Waals surface area contributed by atoms with Crippen LogP contribution < -0.4 is 5.32 Å². The Balaban J connectivity index is 1.72. The van der Waals surface area contributed by atoms with Crippen molar-refractivity contribution in [2.75, 3.05) is 5.32 Å². The predicted molar refractivity (Wildman–Crippen MR) is 87.7 cm³/mol. The Morgan fingerprint density at radius 1 is 0.958 bits per heavy atom. The van der Waals surface area contributed by atoms with Crippen LogP contribution in [0.15, 0.2) is 65.1 Å². The number of hydrogen-bond donors (Lipinski definition) is 1. The molecule has 1 heterocycles. The molecule has 2 nitrogen and oxygen atoms in total. The van der Waals surface area contributed by atoms with Crippen molar-refractivity contribution in [3.63, 3.8) is 0 Å². The number of anilines is 1. The van der Waals surface area contributed by atoms with Gasteiger partial charge in [0, 0.05) is 11.3 Å². The van der Waals surface area contributed by atoms with Crippen molar-refractivity contribution >= 4 is 5.69 Å². The van der Waals surface area contributed by atoms with Crippen molar-refractivity contribution in [1.82, 2.24) is 0 Å². The van der Waals surface area contributed by atoms with Crippen LogP contribution in [0.2, 0.25) is 0 Å². The van der Waals surface area contributed by atoms with E-state index in [4.69, 9.17) is 4.42 Å². The van der Waals surface area contributed by atoms with Gasteiger partial charge in [0.15, 0.2) is 0 Å². The largest absolute Gasteiger partial charge is 0.459 e. The summed E-state index contributed by atoms with van der Waals surface area (Å²) < 4.78 is 44.0. The van der Waals surface area contributed by atoms with Gasteiger partial charge in [-0.15, -0.1) is 0 Å². The predicted octanol–water partition coefficient (Wildman–Crippen LogP) is 5.89. The van der Waals surface area contributed by atoms with Crippen LogP contribution in [-0.2, 0) is 12.7 Å². The molecule has 0 saturated heterocycles. The smallest absolute Gasteiger partial charge is 0.416 e. The molecule has 2 aromatic carbocycles. The molecule has 24 heavy (non-hydrogen) atoms. The second-order valence-electron chi connectivity index (χ2n) is 5.56. The first-order valence-corrected chi connectivity index (χ1v) is 7.49. The van der Waals surface area contributed by atoms with Gasteiger partial charge in [0.25, 0.3) is 0 Å². The molecule has 3 aromatic rings. The van der Waals surface area contributed by atoms with Crippen LogP contribution in [0.5, 0.6) is 0 Å². The Morgan fingerprint density at radius 3 is 2.42 bits per heavy atom. The molecule has 0 spiro atoms. The first-order chi connectivity index (χ1) is 11.4. The highest BCUT2D eigenvalue weighted by atomic mass is 19.4. The van der Waals surface area contributed by atoms with E-state index >= 15 is 0 Å². The zero-order valence-corrected chi connectivity index (χ0v) is 13.0. The van der Waals surface area contributed by atoms with E-state index in [1.165, 1.54) is 11.6 Å². The Bertz CT molecular complexity index is 819. The van der Waals surface area contributed by atoms with Crippen LogP contribution in [0.3, 0.4) is 0 Å². The lowest BCUT2D eigenvalue weighted by atomic mass is 10.1. The van der Waals surface area contributed by atoms with E-state index in [1.807, 2.05) is 31.2 Å². The average molecular weight is 331 g/mol. The molecule has 0 unspecified atom stereocenters. The summed E-state index contributed by atoms with van der Waals surface area (Å²) >= 11 is 0. The molecule has 1 aromatic heterocycles. The topological polar surface area (TPSA) is 25.2 Å². The van der Waals surface area contributed by atoms with Crippen molar-refractivity contribution in [2.45, 2.75) is 19.6 Å². The maximum absolute atomic E-state index is 12.8. The molecule has 0 aliphatic carbocycles. The normalized spacial score (nSPS) is 11.5. The monoisotopic (exact) mass is 331 g/mol. The minimum atomic E-state index is -4.36. The van der Waals surface area contributed by atoms with Gasteiger partial charge in [-0.3, -0.25) is 0 Å². The molecule has 1 N–H and O–H groups in total. The van der Waals surface area contributed by atoms with Crippen LogP contribution in [0.25, 0.3) is 11.3 Å². The van der Waals surface area contributed by atoms with Gasteiger partial charge in [-0.1, -0.05) is 29.8 Å². The first kappa shape index (κ1) is 16.2. The molecule has 0 radical (unpaired) electrons. The maximum atomic E-state index is 12.8.